The number of phenolic OH excluding ortho intramolecular Hbond substituents is 1. The first kappa shape index (κ1) is 14.1. The fraction of sp³-hybridized carbons (Fsp3) is 0.188. The van der Waals surface area contributed by atoms with Crippen molar-refractivity contribution in [2.75, 3.05) is 0 Å². The van der Waals surface area contributed by atoms with Crippen LogP contribution in [0.5, 0.6) is 5.75 Å². The van der Waals surface area contributed by atoms with E-state index in [2.05, 4.69) is 5.32 Å². The lowest BCUT2D eigenvalue weighted by Crippen LogP contribution is -2.22. The Morgan fingerprint density at radius 1 is 1.20 bits per heavy atom. The summed E-state index contributed by atoms with van der Waals surface area (Å²) in [6.45, 7) is 2.70. The van der Waals surface area contributed by atoms with E-state index in [9.17, 15) is 9.90 Å². The summed E-state index contributed by atoms with van der Waals surface area (Å²) in [6.07, 6.45) is 0. The predicted molar refractivity (Wildman–Crippen MR) is 78.3 cm³/mol. The average molecular weight is 270 g/mol. The molecule has 0 radical (unpaired) electrons. The molecule has 4 heteroatoms. The first-order valence-electron chi connectivity index (χ1n) is 6.46. The highest BCUT2D eigenvalue weighted by atomic mass is 16.3. The number of carbonyl (C=O) groups excluding carboxylic acids is 1. The Bertz CT molecular complexity index is 624. The molecule has 104 valence electrons. The minimum atomic E-state index is -0.210. The molecule has 0 heterocycles. The van der Waals surface area contributed by atoms with Crippen molar-refractivity contribution in [3.05, 3.63) is 64.7 Å². The number of nitrogens with one attached hydrogen (secondary N) is 1. The number of phenols is 1. The topological polar surface area (TPSA) is 75.4 Å². The fourth-order valence-electron chi connectivity index (χ4n) is 1.90. The van der Waals surface area contributed by atoms with Crippen LogP contribution in [0.25, 0.3) is 0 Å². The second-order valence-electron chi connectivity index (χ2n) is 4.71. The van der Waals surface area contributed by atoms with Crippen LogP contribution in [0.4, 0.5) is 0 Å². The molecule has 0 aliphatic rings. The number of rotatable bonds is 4. The molecule has 0 fully saturated rings. The minimum Gasteiger partial charge on any atom is -0.508 e. The summed E-state index contributed by atoms with van der Waals surface area (Å²) in [4.78, 5) is 12.0. The zero-order valence-corrected chi connectivity index (χ0v) is 11.4. The lowest BCUT2D eigenvalue weighted by Gasteiger charge is -2.08. The van der Waals surface area contributed by atoms with Gasteiger partial charge in [0.2, 0.25) is 0 Å². The maximum Gasteiger partial charge on any atom is 0.251 e. The molecule has 2 aromatic rings. The summed E-state index contributed by atoms with van der Waals surface area (Å²) in [6, 6.07) is 12.7. The predicted octanol–water partition coefficient (Wildman–Crippen LogP) is 2.09. The number of benzene rings is 2. The molecule has 0 saturated carbocycles. The molecule has 0 atom stereocenters. The van der Waals surface area contributed by atoms with Crippen LogP contribution in [0, 0.1) is 6.92 Å². The molecule has 0 aliphatic carbocycles. The Kier molecular flexibility index (Phi) is 4.38. The van der Waals surface area contributed by atoms with Gasteiger partial charge >= 0.3 is 0 Å². The van der Waals surface area contributed by atoms with Gasteiger partial charge in [-0.25, -0.2) is 0 Å². The summed E-state index contributed by atoms with van der Waals surface area (Å²) >= 11 is 0. The molecule has 0 aromatic heterocycles. The summed E-state index contributed by atoms with van der Waals surface area (Å²) in [7, 11) is 0. The molecule has 0 bridgehead atoms. The maximum atomic E-state index is 12.0. The van der Waals surface area contributed by atoms with Gasteiger partial charge in [-0.15, -0.1) is 0 Å². The molecule has 0 unspecified atom stereocenters. The standard InChI is InChI=1S/C16H18N2O2/c1-11-5-6-14(8-15(11)19)16(20)18-10-13-4-2-3-12(7-13)9-17/h2-8,19H,9-10,17H2,1H3,(H,18,20). The number of nitrogens with two attached hydrogens (primary N) is 1. The van der Waals surface area contributed by atoms with Crippen LogP contribution in [0.3, 0.4) is 0 Å². The van der Waals surface area contributed by atoms with Crippen molar-refractivity contribution in [1.29, 1.82) is 0 Å². The first-order chi connectivity index (χ1) is 9.60. The van der Waals surface area contributed by atoms with Gasteiger partial charge in [-0.3, -0.25) is 4.79 Å². The van der Waals surface area contributed by atoms with Crippen molar-refractivity contribution >= 4 is 5.91 Å². The van der Waals surface area contributed by atoms with E-state index in [1.165, 1.54) is 6.07 Å². The largest absolute Gasteiger partial charge is 0.508 e. The third-order valence-corrected chi connectivity index (χ3v) is 3.15. The number of hydrogen-bond acceptors (Lipinski definition) is 3. The van der Waals surface area contributed by atoms with E-state index in [4.69, 9.17) is 5.73 Å². The number of carbonyl (C=O) groups is 1. The van der Waals surface area contributed by atoms with Gasteiger partial charge in [0.25, 0.3) is 5.91 Å². The van der Waals surface area contributed by atoms with Gasteiger partial charge in [-0.2, -0.15) is 0 Å². The van der Waals surface area contributed by atoms with Crippen molar-refractivity contribution in [2.45, 2.75) is 20.0 Å². The van der Waals surface area contributed by atoms with Crippen molar-refractivity contribution in [3.8, 4) is 5.75 Å². The van der Waals surface area contributed by atoms with Gasteiger partial charge in [-0.05, 0) is 35.7 Å². The highest BCUT2D eigenvalue weighted by Gasteiger charge is 2.07. The van der Waals surface area contributed by atoms with E-state index in [0.717, 1.165) is 16.7 Å². The summed E-state index contributed by atoms with van der Waals surface area (Å²) in [5, 5.41) is 12.4. The zero-order valence-electron chi connectivity index (χ0n) is 11.4. The zero-order chi connectivity index (χ0) is 14.5. The lowest BCUT2D eigenvalue weighted by atomic mass is 10.1. The van der Waals surface area contributed by atoms with Crippen LogP contribution in [0.1, 0.15) is 27.0 Å². The van der Waals surface area contributed by atoms with Crippen LogP contribution in [-0.2, 0) is 13.1 Å². The first-order valence-corrected chi connectivity index (χ1v) is 6.46. The van der Waals surface area contributed by atoms with E-state index < -0.39 is 0 Å². The highest BCUT2D eigenvalue weighted by molar-refractivity contribution is 5.94. The second kappa shape index (κ2) is 6.21. The van der Waals surface area contributed by atoms with E-state index in [1.807, 2.05) is 24.3 Å². The van der Waals surface area contributed by atoms with Crippen LogP contribution in [-0.4, -0.2) is 11.0 Å². The molecule has 0 aliphatic heterocycles. The number of amides is 1. The van der Waals surface area contributed by atoms with E-state index >= 15 is 0 Å². The molecule has 0 spiro atoms. The van der Waals surface area contributed by atoms with Gasteiger partial charge < -0.3 is 16.2 Å². The Morgan fingerprint density at radius 2 is 1.95 bits per heavy atom. The molecule has 0 saturated heterocycles. The number of aromatic hydroxyl groups is 1. The minimum absolute atomic E-state index is 0.128. The average Bonchev–Trinajstić information content (AvgIpc) is 2.47. The third kappa shape index (κ3) is 3.36. The van der Waals surface area contributed by atoms with Crippen molar-refractivity contribution in [3.63, 3.8) is 0 Å². The van der Waals surface area contributed by atoms with Gasteiger partial charge in [0.1, 0.15) is 5.75 Å². The maximum absolute atomic E-state index is 12.0. The Hall–Kier alpha value is -2.33. The van der Waals surface area contributed by atoms with Crippen molar-refractivity contribution < 1.29 is 9.90 Å². The van der Waals surface area contributed by atoms with E-state index in [-0.39, 0.29) is 11.7 Å². The Balaban J connectivity index is 2.02. The fourth-order valence-corrected chi connectivity index (χ4v) is 1.90. The van der Waals surface area contributed by atoms with Crippen LogP contribution in [0.2, 0.25) is 0 Å². The Labute approximate surface area is 118 Å². The number of hydrogen-bond donors (Lipinski definition) is 3. The van der Waals surface area contributed by atoms with E-state index in [0.29, 0.717) is 18.7 Å². The monoisotopic (exact) mass is 270 g/mol. The molecule has 2 aromatic carbocycles. The smallest absolute Gasteiger partial charge is 0.251 e. The highest BCUT2D eigenvalue weighted by Crippen LogP contribution is 2.17. The SMILES string of the molecule is Cc1ccc(C(=O)NCc2cccc(CN)c2)cc1O. The van der Waals surface area contributed by atoms with E-state index in [1.54, 1.807) is 19.1 Å². The van der Waals surface area contributed by atoms with Crippen molar-refractivity contribution in [1.82, 2.24) is 5.32 Å². The van der Waals surface area contributed by atoms with Gasteiger partial charge in [0.05, 0.1) is 0 Å². The van der Waals surface area contributed by atoms with Gasteiger partial charge in [-0.1, -0.05) is 30.3 Å². The molecule has 1 amide bonds. The molecule has 2 rings (SSSR count). The Morgan fingerprint density at radius 3 is 2.65 bits per heavy atom. The summed E-state index contributed by atoms with van der Waals surface area (Å²) in [5.41, 5.74) is 8.81. The molecule has 20 heavy (non-hydrogen) atoms. The van der Waals surface area contributed by atoms with Crippen LogP contribution >= 0.6 is 0 Å². The van der Waals surface area contributed by atoms with Crippen LogP contribution < -0.4 is 11.1 Å². The van der Waals surface area contributed by atoms with Crippen molar-refractivity contribution in [2.24, 2.45) is 5.73 Å². The molecule has 4 N–H and O–H groups in total. The molecule has 4 nitrogen and oxygen atoms in total. The third-order valence-electron chi connectivity index (χ3n) is 3.15. The quantitative estimate of drug-likeness (QED) is 0.796. The van der Waals surface area contributed by atoms with Gasteiger partial charge in [0, 0.05) is 18.7 Å². The van der Waals surface area contributed by atoms with Crippen LogP contribution in [0.15, 0.2) is 42.5 Å². The molecular formula is C16H18N2O2. The second-order valence-corrected chi connectivity index (χ2v) is 4.71. The lowest BCUT2D eigenvalue weighted by molar-refractivity contribution is 0.0950. The summed E-state index contributed by atoms with van der Waals surface area (Å²) < 4.78 is 0. The summed E-state index contributed by atoms with van der Waals surface area (Å²) in [5.74, 6) is -0.0822. The molecular weight excluding hydrogens is 252 g/mol. The normalized spacial score (nSPS) is 10.3. The van der Waals surface area contributed by atoms with Gasteiger partial charge in [0.15, 0.2) is 0 Å². The number of aryl methyl sites for hydroxylation is 1.